The lowest BCUT2D eigenvalue weighted by Crippen LogP contribution is -2.35. The van der Waals surface area contributed by atoms with Crippen LogP contribution in [0.2, 0.25) is 0 Å². The normalized spacial score (nSPS) is 13.3. The summed E-state index contributed by atoms with van der Waals surface area (Å²) in [6.07, 6.45) is 0. The van der Waals surface area contributed by atoms with Crippen LogP contribution in [0.3, 0.4) is 0 Å². The van der Waals surface area contributed by atoms with Gasteiger partial charge in [0.2, 0.25) is 15.9 Å². The highest BCUT2D eigenvalue weighted by Gasteiger charge is 2.21. The molecular weight excluding hydrogens is 386 g/mol. The third-order valence-corrected chi connectivity index (χ3v) is 5.73. The van der Waals surface area contributed by atoms with Crippen molar-refractivity contribution in [2.45, 2.75) is 31.3 Å². The second kappa shape index (κ2) is 10.4. The van der Waals surface area contributed by atoms with Crippen LogP contribution in [0, 0.1) is 5.92 Å². The van der Waals surface area contributed by atoms with Crippen LogP contribution in [-0.4, -0.2) is 20.9 Å². The summed E-state index contributed by atoms with van der Waals surface area (Å²) in [6, 6.07) is 15.5. The van der Waals surface area contributed by atoms with Crippen molar-refractivity contribution in [3.05, 3.63) is 65.7 Å². The highest BCUT2D eigenvalue weighted by atomic mass is 35.5. The average Bonchev–Trinajstić information content (AvgIpc) is 2.66. The zero-order valence-corrected chi connectivity index (χ0v) is 17.0. The Kier molecular flexibility index (Phi) is 8.92. The van der Waals surface area contributed by atoms with Gasteiger partial charge in [-0.3, -0.25) is 4.79 Å². The topological polar surface area (TPSA) is 101 Å². The zero-order valence-electron chi connectivity index (χ0n) is 15.4. The molecule has 1 amide bonds. The second-order valence-electron chi connectivity index (χ2n) is 6.09. The Morgan fingerprint density at radius 1 is 1.07 bits per heavy atom. The maximum Gasteiger partial charge on any atom is 0.240 e. The number of hydrogen-bond acceptors (Lipinski definition) is 4. The van der Waals surface area contributed by atoms with Gasteiger partial charge in [0.1, 0.15) is 0 Å². The van der Waals surface area contributed by atoms with E-state index in [0.717, 1.165) is 11.1 Å². The lowest BCUT2D eigenvalue weighted by Gasteiger charge is -2.20. The van der Waals surface area contributed by atoms with Crippen LogP contribution in [-0.2, 0) is 21.4 Å². The molecule has 27 heavy (non-hydrogen) atoms. The minimum atomic E-state index is -3.47. The molecule has 0 aliphatic heterocycles. The molecule has 0 saturated carbocycles. The third kappa shape index (κ3) is 6.32. The summed E-state index contributed by atoms with van der Waals surface area (Å²) in [5.41, 5.74) is 7.89. The summed E-state index contributed by atoms with van der Waals surface area (Å²) in [5.74, 6) is -0.531. The predicted molar refractivity (Wildman–Crippen MR) is 109 cm³/mol. The molecule has 2 aromatic carbocycles. The molecule has 2 aromatic rings. The van der Waals surface area contributed by atoms with Crippen molar-refractivity contribution in [1.82, 2.24) is 10.0 Å². The Balaban J connectivity index is 0.00000364. The summed E-state index contributed by atoms with van der Waals surface area (Å²) >= 11 is 0. The van der Waals surface area contributed by atoms with Crippen molar-refractivity contribution in [3.63, 3.8) is 0 Å². The van der Waals surface area contributed by atoms with Gasteiger partial charge in [-0.2, -0.15) is 0 Å². The van der Waals surface area contributed by atoms with Crippen molar-refractivity contribution in [3.8, 4) is 0 Å². The van der Waals surface area contributed by atoms with Crippen molar-refractivity contribution in [1.29, 1.82) is 0 Å². The molecule has 0 aromatic heterocycles. The van der Waals surface area contributed by atoms with E-state index in [1.807, 2.05) is 30.3 Å². The smallest absolute Gasteiger partial charge is 0.240 e. The zero-order chi connectivity index (χ0) is 19.2. The predicted octanol–water partition coefficient (Wildman–Crippen LogP) is 2.36. The Hall–Kier alpha value is -1.93. The van der Waals surface area contributed by atoms with Gasteiger partial charge in [-0.25, -0.2) is 13.1 Å². The number of benzene rings is 2. The highest BCUT2D eigenvalue weighted by Crippen LogP contribution is 2.19. The van der Waals surface area contributed by atoms with Gasteiger partial charge in [0.15, 0.2) is 0 Å². The lowest BCUT2D eigenvalue weighted by atomic mass is 9.94. The number of carbonyl (C=O) groups excluding carboxylic acids is 1. The van der Waals surface area contributed by atoms with Crippen LogP contribution in [0.15, 0.2) is 59.5 Å². The molecule has 0 heterocycles. The van der Waals surface area contributed by atoms with E-state index in [0.29, 0.717) is 13.1 Å². The first-order valence-electron chi connectivity index (χ1n) is 8.52. The van der Waals surface area contributed by atoms with Gasteiger partial charge in [0.05, 0.1) is 10.8 Å². The van der Waals surface area contributed by atoms with Gasteiger partial charge in [-0.15, -0.1) is 12.4 Å². The molecule has 0 spiro atoms. The van der Waals surface area contributed by atoms with Gasteiger partial charge >= 0.3 is 0 Å². The third-order valence-electron chi connectivity index (χ3n) is 4.17. The first-order valence-corrected chi connectivity index (χ1v) is 10.0. The van der Waals surface area contributed by atoms with Gasteiger partial charge in [-0.1, -0.05) is 56.3 Å². The number of sulfonamides is 1. The molecule has 0 saturated heterocycles. The van der Waals surface area contributed by atoms with Crippen LogP contribution in [0.5, 0.6) is 0 Å². The van der Waals surface area contributed by atoms with Crippen molar-refractivity contribution < 1.29 is 13.2 Å². The largest absolute Gasteiger partial charge is 0.352 e. The lowest BCUT2D eigenvalue weighted by molar-refractivity contribution is -0.125. The summed E-state index contributed by atoms with van der Waals surface area (Å²) < 4.78 is 26.3. The molecule has 148 valence electrons. The van der Waals surface area contributed by atoms with Gasteiger partial charge < -0.3 is 11.1 Å². The van der Waals surface area contributed by atoms with Crippen LogP contribution < -0.4 is 15.8 Å². The van der Waals surface area contributed by atoms with Crippen molar-refractivity contribution >= 4 is 28.3 Å². The van der Waals surface area contributed by atoms with Crippen molar-refractivity contribution in [2.75, 3.05) is 6.54 Å². The van der Waals surface area contributed by atoms with E-state index in [1.165, 1.54) is 12.1 Å². The monoisotopic (exact) mass is 411 g/mol. The van der Waals surface area contributed by atoms with E-state index in [1.54, 1.807) is 26.0 Å². The molecule has 0 radical (unpaired) electrons. The van der Waals surface area contributed by atoms with Gasteiger partial charge in [-0.05, 0) is 23.3 Å². The minimum Gasteiger partial charge on any atom is -0.352 e. The molecule has 0 aliphatic rings. The number of nitrogens with one attached hydrogen (secondary N) is 2. The molecule has 0 aliphatic carbocycles. The van der Waals surface area contributed by atoms with E-state index in [-0.39, 0.29) is 35.2 Å². The number of nitrogens with two attached hydrogens (primary N) is 1. The summed E-state index contributed by atoms with van der Waals surface area (Å²) in [5, 5.41) is 2.85. The molecule has 0 fully saturated rings. The molecule has 4 N–H and O–H groups in total. The van der Waals surface area contributed by atoms with Gasteiger partial charge in [0, 0.05) is 19.1 Å². The second-order valence-corrected chi connectivity index (χ2v) is 7.86. The van der Waals surface area contributed by atoms with Crippen LogP contribution in [0.25, 0.3) is 0 Å². The molecule has 2 atom stereocenters. The number of carbonyl (C=O) groups is 1. The standard InChI is InChI=1S/C19H25N3O3S.ClH/c1-3-22-26(24,25)17-11-9-15(10-12-17)13-21-19(23)14(2)18(20)16-7-5-4-6-8-16;/h4-12,14,18,22H,3,13,20H2,1-2H3,(H,21,23);1H. The van der Waals surface area contributed by atoms with E-state index < -0.39 is 10.0 Å². The van der Waals surface area contributed by atoms with E-state index in [2.05, 4.69) is 10.0 Å². The van der Waals surface area contributed by atoms with E-state index in [4.69, 9.17) is 5.73 Å². The summed E-state index contributed by atoms with van der Waals surface area (Å²) in [6.45, 7) is 4.16. The fraction of sp³-hybridized carbons (Fsp3) is 0.316. The average molecular weight is 412 g/mol. The molecule has 2 rings (SSSR count). The molecule has 8 heteroatoms. The number of halogens is 1. The number of hydrogen-bond donors (Lipinski definition) is 3. The van der Waals surface area contributed by atoms with Crippen LogP contribution in [0.1, 0.15) is 31.0 Å². The Morgan fingerprint density at radius 3 is 2.22 bits per heavy atom. The van der Waals surface area contributed by atoms with E-state index in [9.17, 15) is 13.2 Å². The first kappa shape index (κ1) is 23.1. The van der Waals surface area contributed by atoms with E-state index >= 15 is 0 Å². The Labute approximate surface area is 167 Å². The summed E-state index contributed by atoms with van der Waals surface area (Å²) in [7, 11) is -3.47. The van der Waals surface area contributed by atoms with Crippen LogP contribution in [0.4, 0.5) is 0 Å². The quantitative estimate of drug-likeness (QED) is 0.620. The maximum atomic E-state index is 12.3. The first-order chi connectivity index (χ1) is 12.3. The Bertz CT molecular complexity index is 827. The fourth-order valence-corrected chi connectivity index (χ4v) is 3.58. The SMILES string of the molecule is CCNS(=O)(=O)c1ccc(CNC(=O)C(C)C(N)c2ccccc2)cc1.Cl. The molecule has 6 nitrogen and oxygen atoms in total. The molecular formula is C19H26ClN3O3S. The number of rotatable bonds is 8. The fourth-order valence-electron chi connectivity index (χ4n) is 2.54. The summed E-state index contributed by atoms with van der Waals surface area (Å²) in [4.78, 5) is 12.5. The Morgan fingerprint density at radius 2 is 1.67 bits per heavy atom. The van der Waals surface area contributed by atoms with Gasteiger partial charge in [0.25, 0.3) is 0 Å². The minimum absolute atomic E-state index is 0. The molecule has 0 bridgehead atoms. The van der Waals surface area contributed by atoms with Crippen LogP contribution >= 0.6 is 12.4 Å². The highest BCUT2D eigenvalue weighted by molar-refractivity contribution is 7.89. The maximum absolute atomic E-state index is 12.3. The molecule has 2 unspecified atom stereocenters. The number of amides is 1. The van der Waals surface area contributed by atoms with Crippen molar-refractivity contribution in [2.24, 2.45) is 11.7 Å².